The summed E-state index contributed by atoms with van der Waals surface area (Å²) in [4.78, 5) is 0. The van der Waals surface area contributed by atoms with E-state index in [0.717, 1.165) is 5.92 Å². The highest BCUT2D eigenvalue weighted by atomic mass is 15.0. The second-order valence-electron chi connectivity index (χ2n) is 5.17. The van der Waals surface area contributed by atoms with Gasteiger partial charge < -0.3 is 5.32 Å². The second-order valence-corrected chi connectivity index (χ2v) is 5.17. The van der Waals surface area contributed by atoms with Crippen LogP contribution in [0.1, 0.15) is 51.1 Å². The van der Waals surface area contributed by atoms with Crippen LogP contribution >= 0.6 is 0 Å². The standard InChI is InChI=1S/C15H23N/c1-12-8-6-7-11-15(12)16-13(2)14-9-4-3-5-10-14/h3-5,9-10,12-13,15-16H,6-8,11H2,1-2H3/t12-,13-,15-/m0/s1. The summed E-state index contributed by atoms with van der Waals surface area (Å²) in [5.41, 5.74) is 1.40. The Morgan fingerprint density at radius 1 is 1.12 bits per heavy atom. The lowest BCUT2D eigenvalue weighted by Crippen LogP contribution is -2.38. The van der Waals surface area contributed by atoms with E-state index in [1.807, 2.05) is 0 Å². The number of hydrogen-bond donors (Lipinski definition) is 1. The average Bonchev–Trinajstić information content (AvgIpc) is 2.33. The van der Waals surface area contributed by atoms with Crippen molar-refractivity contribution >= 4 is 0 Å². The molecule has 1 fully saturated rings. The summed E-state index contributed by atoms with van der Waals surface area (Å²) < 4.78 is 0. The van der Waals surface area contributed by atoms with Crippen LogP contribution in [-0.2, 0) is 0 Å². The van der Waals surface area contributed by atoms with Crippen molar-refractivity contribution in [1.29, 1.82) is 0 Å². The van der Waals surface area contributed by atoms with Gasteiger partial charge in [0.2, 0.25) is 0 Å². The number of hydrogen-bond acceptors (Lipinski definition) is 1. The highest BCUT2D eigenvalue weighted by Crippen LogP contribution is 2.26. The van der Waals surface area contributed by atoms with Crippen LogP contribution in [0.2, 0.25) is 0 Å². The number of nitrogens with one attached hydrogen (secondary N) is 1. The van der Waals surface area contributed by atoms with Crippen LogP contribution in [0.15, 0.2) is 30.3 Å². The third-order valence-corrected chi connectivity index (χ3v) is 3.88. The zero-order valence-electron chi connectivity index (χ0n) is 10.4. The van der Waals surface area contributed by atoms with Gasteiger partial charge in [0, 0.05) is 12.1 Å². The van der Waals surface area contributed by atoms with Crippen LogP contribution in [0.4, 0.5) is 0 Å². The predicted octanol–water partition coefficient (Wildman–Crippen LogP) is 3.92. The molecule has 0 unspecified atom stereocenters. The number of benzene rings is 1. The summed E-state index contributed by atoms with van der Waals surface area (Å²) in [6, 6.07) is 11.9. The van der Waals surface area contributed by atoms with Crippen molar-refractivity contribution in [2.24, 2.45) is 5.92 Å². The van der Waals surface area contributed by atoms with Gasteiger partial charge in [-0.2, -0.15) is 0 Å². The summed E-state index contributed by atoms with van der Waals surface area (Å²) in [5.74, 6) is 0.833. The van der Waals surface area contributed by atoms with Crippen molar-refractivity contribution in [1.82, 2.24) is 5.32 Å². The van der Waals surface area contributed by atoms with Crippen LogP contribution in [0, 0.1) is 5.92 Å². The smallest absolute Gasteiger partial charge is 0.0294 e. The molecule has 1 nitrogen and oxygen atoms in total. The predicted molar refractivity (Wildman–Crippen MR) is 69.4 cm³/mol. The summed E-state index contributed by atoms with van der Waals surface area (Å²) >= 11 is 0. The lowest BCUT2D eigenvalue weighted by molar-refractivity contribution is 0.263. The van der Waals surface area contributed by atoms with Gasteiger partial charge in [-0.3, -0.25) is 0 Å². The highest BCUT2D eigenvalue weighted by molar-refractivity contribution is 5.18. The third-order valence-electron chi connectivity index (χ3n) is 3.88. The third kappa shape index (κ3) is 2.85. The van der Waals surface area contributed by atoms with E-state index in [4.69, 9.17) is 0 Å². The van der Waals surface area contributed by atoms with Crippen LogP contribution in [0.3, 0.4) is 0 Å². The molecule has 1 aromatic carbocycles. The Bertz CT molecular complexity index is 306. The molecule has 0 amide bonds. The van der Waals surface area contributed by atoms with E-state index in [0.29, 0.717) is 12.1 Å². The summed E-state index contributed by atoms with van der Waals surface area (Å²) in [6.45, 7) is 4.66. The van der Waals surface area contributed by atoms with Gasteiger partial charge in [0.25, 0.3) is 0 Å². The second kappa shape index (κ2) is 5.49. The Labute approximate surface area is 99.3 Å². The molecule has 88 valence electrons. The van der Waals surface area contributed by atoms with Gasteiger partial charge in [0.1, 0.15) is 0 Å². The van der Waals surface area contributed by atoms with E-state index >= 15 is 0 Å². The van der Waals surface area contributed by atoms with Gasteiger partial charge in [0.05, 0.1) is 0 Å². The van der Waals surface area contributed by atoms with Crippen molar-refractivity contribution in [2.75, 3.05) is 0 Å². The molecule has 16 heavy (non-hydrogen) atoms. The van der Waals surface area contributed by atoms with Crippen molar-refractivity contribution < 1.29 is 0 Å². The maximum atomic E-state index is 3.78. The molecule has 0 saturated heterocycles. The molecule has 0 heterocycles. The fourth-order valence-corrected chi connectivity index (χ4v) is 2.72. The van der Waals surface area contributed by atoms with Gasteiger partial charge in [-0.25, -0.2) is 0 Å². The fourth-order valence-electron chi connectivity index (χ4n) is 2.72. The Morgan fingerprint density at radius 3 is 2.50 bits per heavy atom. The minimum absolute atomic E-state index is 0.478. The zero-order chi connectivity index (χ0) is 11.4. The molecule has 0 bridgehead atoms. The Morgan fingerprint density at radius 2 is 1.81 bits per heavy atom. The molecule has 2 rings (SSSR count). The fraction of sp³-hybridized carbons (Fsp3) is 0.600. The SMILES string of the molecule is C[C@H](N[C@H]1CCCC[C@@H]1C)c1ccccc1. The lowest BCUT2D eigenvalue weighted by atomic mass is 9.85. The van der Waals surface area contributed by atoms with Gasteiger partial charge in [0.15, 0.2) is 0 Å². The minimum atomic E-state index is 0.478. The molecule has 1 aliphatic rings. The normalized spacial score (nSPS) is 27.6. The van der Waals surface area contributed by atoms with E-state index in [9.17, 15) is 0 Å². The van der Waals surface area contributed by atoms with E-state index in [1.54, 1.807) is 0 Å². The van der Waals surface area contributed by atoms with Crippen LogP contribution in [-0.4, -0.2) is 6.04 Å². The highest BCUT2D eigenvalue weighted by Gasteiger charge is 2.22. The Balaban J connectivity index is 1.94. The Kier molecular flexibility index (Phi) is 4.00. The zero-order valence-corrected chi connectivity index (χ0v) is 10.4. The quantitative estimate of drug-likeness (QED) is 0.809. The molecule has 0 spiro atoms. The molecular formula is C15H23N. The van der Waals surface area contributed by atoms with Gasteiger partial charge >= 0.3 is 0 Å². The molecule has 0 aliphatic heterocycles. The summed E-state index contributed by atoms with van der Waals surface area (Å²) in [5, 5.41) is 3.78. The maximum absolute atomic E-state index is 3.78. The lowest BCUT2D eigenvalue weighted by Gasteiger charge is -2.32. The van der Waals surface area contributed by atoms with E-state index < -0.39 is 0 Å². The van der Waals surface area contributed by atoms with Crippen LogP contribution in [0.25, 0.3) is 0 Å². The summed E-state index contributed by atoms with van der Waals surface area (Å²) in [6.07, 6.45) is 5.54. The maximum Gasteiger partial charge on any atom is 0.0294 e. The van der Waals surface area contributed by atoms with Crippen LogP contribution < -0.4 is 5.32 Å². The van der Waals surface area contributed by atoms with E-state index in [-0.39, 0.29) is 0 Å². The average molecular weight is 217 g/mol. The molecule has 1 heteroatoms. The largest absolute Gasteiger partial charge is 0.307 e. The topological polar surface area (TPSA) is 12.0 Å². The van der Waals surface area contributed by atoms with Gasteiger partial charge in [-0.1, -0.05) is 50.1 Å². The molecule has 1 aliphatic carbocycles. The molecule has 1 aromatic rings. The molecule has 1 N–H and O–H groups in total. The molecule has 1 saturated carbocycles. The first-order valence-corrected chi connectivity index (χ1v) is 6.58. The first-order chi connectivity index (χ1) is 7.77. The Hall–Kier alpha value is -0.820. The molecule has 3 atom stereocenters. The van der Waals surface area contributed by atoms with Gasteiger partial charge in [-0.05, 0) is 31.2 Å². The number of rotatable bonds is 3. The molecule has 0 radical (unpaired) electrons. The molecule has 0 aromatic heterocycles. The monoisotopic (exact) mass is 217 g/mol. The minimum Gasteiger partial charge on any atom is -0.307 e. The van der Waals surface area contributed by atoms with Crippen LogP contribution in [0.5, 0.6) is 0 Å². The van der Waals surface area contributed by atoms with Gasteiger partial charge in [-0.15, -0.1) is 0 Å². The van der Waals surface area contributed by atoms with Crippen molar-refractivity contribution in [3.05, 3.63) is 35.9 Å². The van der Waals surface area contributed by atoms with Crippen molar-refractivity contribution in [3.63, 3.8) is 0 Å². The van der Waals surface area contributed by atoms with E-state index in [1.165, 1.54) is 31.2 Å². The molecular weight excluding hydrogens is 194 g/mol. The van der Waals surface area contributed by atoms with E-state index in [2.05, 4.69) is 49.5 Å². The van der Waals surface area contributed by atoms with Crippen molar-refractivity contribution in [3.8, 4) is 0 Å². The van der Waals surface area contributed by atoms with Crippen molar-refractivity contribution in [2.45, 2.75) is 51.6 Å². The summed E-state index contributed by atoms with van der Waals surface area (Å²) in [7, 11) is 0. The first-order valence-electron chi connectivity index (χ1n) is 6.58. The first kappa shape index (κ1) is 11.7.